The van der Waals surface area contributed by atoms with Crippen LogP contribution in [0.25, 0.3) is 0 Å². The lowest BCUT2D eigenvalue weighted by Crippen LogP contribution is -2.51. The van der Waals surface area contributed by atoms with E-state index >= 15 is 0 Å². The minimum atomic E-state index is -3.87. The first-order valence-electron chi connectivity index (χ1n) is 11.0. The molecule has 2 amide bonds. The Morgan fingerprint density at radius 3 is 2.35 bits per heavy atom. The van der Waals surface area contributed by atoms with E-state index in [9.17, 15) is 22.4 Å². The van der Waals surface area contributed by atoms with Crippen LogP contribution in [0.1, 0.15) is 32.3 Å². The third-order valence-electron chi connectivity index (χ3n) is 5.30. The molecular formula is C24H32FN3O5S. The van der Waals surface area contributed by atoms with E-state index in [1.165, 1.54) is 36.3 Å². The molecule has 0 saturated heterocycles. The predicted molar refractivity (Wildman–Crippen MR) is 130 cm³/mol. The number of halogens is 1. The molecule has 0 heterocycles. The Morgan fingerprint density at radius 2 is 1.76 bits per heavy atom. The standard InChI is InChI=1S/C24H32FN3O5S/c1-5-6-15-26-24(30)18(2)27(16-19-11-13-20(25)14-12-19)23(29)17-28(34(4,31)32)21-9-7-8-10-22(21)33-3/h7-14,18H,5-6,15-17H2,1-4H3,(H,26,30)/t18-/m1/s1. The zero-order valence-corrected chi connectivity index (χ0v) is 20.8. The maximum absolute atomic E-state index is 13.4. The van der Waals surface area contributed by atoms with Crippen LogP contribution in [0.15, 0.2) is 48.5 Å². The fraction of sp³-hybridized carbons (Fsp3) is 0.417. The van der Waals surface area contributed by atoms with Crippen molar-refractivity contribution in [3.63, 3.8) is 0 Å². The molecule has 0 saturated carbocycles. The van der Waals surface area contributed by atoms with Gasteiger partial charge in [0.1, 0.15) is 24.2 Å². The quantitative estimate of drug-likeness (QED) is 0.459. The van der Waals surface area contributed by atoms with Crippen LogP contribution in [0.3, 0.4) is 0 Å². The molecule has 2 aromatic carbocycles. The van der Waals surface area contributed by atoms with Crippen molar-refractivity contribution in [3.05, 3.63) is 59.9 Å². The van der Waals surface area contributed by atoms with Gasteiger partial charge in [-0.1, -0.05) is 37.6 Å². The van der Waals surface area contributed by atoms with Gasteiger partial charge in [0.2, 0.25) is 21.8 Å². The van der Waals surface area contributed by atoms with Crippen LogP contribution >= 0.6 is 0 Å². The number of ether oxygens (including phenoxy) is 1. The topological polar surface area (TPSA) is 96.0 Å². The van der Waals surface area contributed by atoms with Crippen LogP contribution in [0.5, 0.6) is 5.75 Å². The summed E-state index contributed by atoms with van der Waals surface area (Å²) in [4.78, 5) is 27.5. The van der Waals surface area contributed by atoms with Crippen LogP contribution in [-0.4, -0.2) is 57.6 Å². The van der Waals surface area contributed by atoms with Crippen LogP contribution < -0.4 is 14.4 Å². The van der Waals surface area contributed by atoms with Gasteiger partial charge >= 0.3 is 0 Å². The largest absolute Gasteiger partial charge is 0.495 e. The lowest BCUT2D eigenvalue weighted by Gasteiger charge is -2.31. The van der Waals surface area contributed by atoms with Crippen LogP contribution in [0.2, 0.25) is 0 Å². The fourth-order valence-electron chi connectivity index (χ4n) is 3.34. The van der Waals surface area contributed by atoms with Crippen molar-refractivity contribution < 1.29 is 27.1 Å². The van der Waals surface area contributed by atoms with E-state index in [1.54, 1.807) is 31.2 Å². The monoisotopic (exact) mass is 493 g/mol. The SMILES string of the molecule is CCCCNC(=O)[C@@H](C)N(Cc1ccc(F)cc1)C(=O)CN(c1ccccc1OC)S(C)(=O)=O. The van der Waals surface area contributed by atoms with Crippen molar-refractivity contribution in [2.24, 2.45) is 0 Å². The summed E-state index contributed by atoms with van der Waals surface area (Å²) in [6.07, 6.45) is 2.69. The summed E-state index contributed by atoms with van der Waals surface area (Å²) in [5.74, 6) is -1.08. The number of nitrogens with one attached hydrogen (secondary N) is 1. The highest BCUT2D eigenvalue weighted by atomic mass is 32.2. The molecule has 0 aliphatic rings. The van der Waals surface area contributed by atoms with Gasteiger partial charge in [0, 0.05) is 13.1 Å². The van der Waals surface area contributed by atoms with Crippen molar-refractivity contribution in [3.8, 4) is 5.75 Å². The van der Waals surface area contributed by atoms with E-state index < -0.39 is 34.3 Å². The highest BCUT2D eigenvalue weighted by Crippen LogP contribution is 2.29. The Kier molecular flexibility index (Phi) is 9.85. The molecule has 0 bridgehead atoms. The molecule has 1 N–H and O–H groups in total. The second-order valence-electron chi connectivity index (χ2n) is 7.91. The predicted octanol–water partition coefficient (Wildman–Crippen LogP) is 2.93. The second kappa shape index (κ2) is 12.4. The van der Waals surface area contributed by atoms with Crippen molar-refractivity contribution >= 4 is 27.5 Å². The van der Waals surface area contributed by atoms with Crippen molar-refractivity contribution in [1.29, 1.82) is 0 Å². The van der Waals surface area contributed by atoms with Crippen LogP contribution in [0, 0.1) is 5.82 Å². The minimum Gasteiger partial charge on any atom is -0.495 e. The number of hydrogen-bond donors (Lipinski definition) is 1. The Labute approximate surface area is 200 Å². The summed E-state index contributed by atoms with van der Waals surface area (Å²) in [7, 11) is -2.46. The number of rotatable bonds is 12. The third-order valence-corrected chi connectivity index (χ3v) is 6.42. The normalized spacial score (nSPS) is 12.0. The summed E-state index contributed by atoms with van der Waals surface area (Å²) in [6, 6.07) is 11.2. The maximum Gasteiger partial charge on any atom is 0.244 e. The Balaban J connectivity index is 2.37. The summed E-state index contributed by atoms with van der Waals surface area (Å²) in [5, 5.41) is 2.80. The number of hydrogen-bond acceptors (Lipinski definition) is 5. The van der Waals surface area contributed by atoms with Gasteiger partial charge in [-0.05, 0) is 43.2 Å². The lowest BCUT2D eigenvalue weighted by atomic mass is 10.1. The summed E-state index contributed by atoms with van der Waals surface area (Å²) in [5.41, 5.74) is 0.814. The lowest BCUT2D eigenvalue weighted by molar-refractivity contribution is -0.139. The second-order valence-corrected chi connectivity index (χ2v) is 9.82. The number of methoxy groups -OCH3 is 1. The number of anilines is 1. The number of amides is 2. The molecule has 0 radical (unpaired) electrons. The highest BCUT2D eigenvalue weighted by Gasteiger charge is 2.31. The number of unbranched alkanes of at least 4 members (excludes halogenated alkanes) is 1. The maximum atomic E-state index is 13.4. The van der Waals surface area contributed by atoms with E-state index in [0.717, 1.165) is 23.4 Å². The molecule has 0 unspecified atom stereocenters. The molecule has 0 aliphatic heterocycles. The molecule has 34 heavy (non-hydrogen) atoms. The molecule has 1 atom stereocenters. The average Bonchev–Trinajstić information content (AvgIpc) is 2.81. The van der Waals surface area contributed by atoms with E-state index in [0.29, 0.717) is 12.1 Å². The summed E-state index contributed by atoms with van der Waals surface area (Å²) in [6.45, 7) is 3.51. The smallest absolute Gasteiger partial charge is 0.244 e. The molecule has 0 aliphatic carbocycles. The molecule has 0 aromatic heterocycles. The van der Waals surface area contributed by atoms with E-state index in [1.807, 2.05) is 6.92 Å². The number of benzene rings is 2. The highest BCUT2D eigenvalue weighted by molar-refractivity contribution is 7.92. The first kappa shape index (κ1) is 27.1. The first-order chi connectivity index (χ1) is 16.1. The number of carbonyl (C=O) groups is 2. The van der Waals surface area contributed by atoms with Gasteiger partial charge in [-0.2, -0.15) is 0 Å². The Bertz CT molecular complexity index is 1080. The van der Waals surface area contributed by atoms with Crippen LogP contribution in [-0.2, 0) is 26.2 Å². The Hall–Kier alpha value is -3.14. The molecular weight excluding hydrogens is 461 g/mol. The molecule has 186 valence electrons. The van der Waals surface area contributed by atoms with Gasteiger partial charge in [-0.25, -0.2) is 12.8 Å². The zero-order valence-electron chi connectivity index (χ0n) is 20.0. The van der Waals surface area contributed by atoms with Crippen molar-refractivity contribution in [2.45, 2.75) is 39.3 Å². The number of nitrogens with zero attached hydrogens (tertiary/aromatic N) is 2. The van der Waals surface area contributed by atoms with E-state index in [4.69, 9.17) is 4.74 Å². The summed E-state index contributed by atoms with van der Waals surface area (Å²) < 4.78 is 44.8. The first-order valence-corrected chi connectivity index (χ1v) is 12.9. The van der Waals surface area contributed by atoms with Gasteiger partial charge in [0.15, 0.2) is 0 Å². The molecule has 0 fully saturated rings. The Morgan fingerprint density at radius 1 is 1.12 bits per heavy atom. The van der Waals surface area contributed by atoms with E-state index in [-0.39, 0.29) is 23.9 Å². The zero-order chi connectivity index (χ0) is 25.3. The molecule has 2 aromatic rings. The van der Waals surface area contributed by atoms with E-state index in [2.05, 4.69) is 5.32 Å². The molecule has 0 spiro atoms. The van der Waals surface area contributed by atoms with Crippen molar-refractivity contribution in [1.82, 2.24) is 10.2 Å². The van der Waals surface area contributed by atoms with Gasteiger partial charge in [-0.15, -0.1) is 0 Å². The number of sulfonamides is 1. The molecule has 10 heteroatoms. The molecule has 2 rings (SSSR count). The van der Waals surface area contributed by atoms with Gasteiger partial charge in [0.05, 0.1) is 19.1 Å². The van der Waals surface area contributed by atoms with Gasteiger partial charge < -0.3 is 15.0 Å². The van der Waals surface area contributed by atoms with Crippen molar-refractivity contribution in [2.75, 3.05) is 30.8 Å². The number of carbonyl (C=O) groups excluding carboxylic acids is 2. The van der Waals surface area contributed by atoms with Gasteiger partial charge in [0.25, 0.3) is 0 Å². The summed E-state index contributed by atoms with van der Waals surface area (Å²) >= 11 is 0. The number of para-hydroxylation sites is 2. The van der Waals surface area contributed by atoms with Crippen LogP contribution in [0.4, 0.5) is 10.1 Å². The molecule has 8 nitrogen and oxygen atoms in total. The minimum absolute atomic E-state index is 0.00496. The average molecular weight is 494 g/mol. The van der Waals surface area contributed by atoms with Gasteiger partial charge in [-0.3, -0.25) is 13.9 Å². The fourth-order valence-corrected chi connectivity index (χ4v) is 4.19. The third kappa shape index (κ3) is 7.44.